The van der Waals surface area contributed by atoms with Gasteiger partial charge >= 0.3 is 5.76 Å². The third kappa shape index (κ3) is 2.62. The predicted octanol–water partition coefficient (Wildman–Crippen LogP) is 2.07. The van der Waals surface area contributed by atoms with Crippen LogP contribution in [0.25, 0.3) is 11.1 Å². The fraction of sp³-hybridized carbons (Fsp3) is 0.353. The van der Waals surface area contributed by atoms with E-state index in [4.69, 9.17) is 4.42 Å². The van der Waals surface area contributed by atoms with E-state index in [9.17, 15) is 9.59 Å². The molecule has 126 valence electrons. The largest absolute Gasteiger partial charge is 0.420 e. The van der Waals surface area contributed by atoms with Crippen LogP contribution in [0.15, 0.2) is 39.7 Å². The van der Waals surface area contributed by atoms with Crippen molar-refractivity contribution in [3.8, 4) is 0 Å². The maximum atomic E-state index is 12.6. The molecule has 2 aromatic heterocycles. The second kappa shape index (κ2) is 5.99. The summed E-state index contributed by atoms with van der Waals surface area (Å²) in [5, 5.41) is 7.13. The molecule has 24 heavy (non-hydrogen) atoms. The third-order valence-electron chi connectivity index (χ3n) is 4.38. The molecule has 3 rings (SSSR count). The molecule has 3 aromatic rings. The number of carbonyl (C=O) groups is 1. The second-order valence-corrected chi connectivity index (χ2v) is 5.92. The molecule has 2 atom stereocenters. The Morgan fingerprint density at radius 3 is 2.67 bits per heavy atom. The molecule has 0 fully saturated rings. The van der Waals surface area contributed by atoms with Gasteiger partial charge in [0.2, 0.25) is 5.91 Å². The zero-order chi connectivity index (χ0) is 17.4. The van der Waals surface area contributed by atoms with Gasteiger partial charge in [-0.1, -0.05) is 12.1 Å². The maximum Gasteiger partial charge on any atom is 0.420 e. The van der Waals surface area contributed by atoms with Crippen LogP contribution < -0.4 is 11.1 Å². The number of para-hydroxylation sites is 2. The van der Waals surface area contributed by atoms with E-state index in [2.05, 4.69) is 10.4 Å². The predicted molar refractivity (Wildman–Crippen MR) is 89.7 cm³/mol. The molecule has 7 nitrogen and oxygen atoms in total. The quantitative estimate of drug-likeness (QED) is 0.795. The van der Waals surface area contributed by atoms with E-state index >= 15 is 0 Å². The minimum absolute atomic E-state index is 0.206. The standard InChI is InChI=1S/C17H20N4O3/c1-10(13-9-18-20(4)11(13)2)19-16(22)12(3)21-14-7-5-6-8-15(14)24-17(21)23/h5-10,12H,1-4H3,(H,19,22)/t10-,12+/m0/s1. The summed E-state index contributed by atoms with van der Waals surface area (Å²) >= 11 is 0. The Labute approximate surface area is 138 Å². The van der Waals surface area contributed by atoms with Crippen molar-refractivity contribution in [3.63, 3.8) is 0 Å². The van der Waals surface area contributed by atoms with Gasteiger partial charge in [-0.3, -0.25) is 14.0 Å². The highest BCUT2D eigenvalue weighted by molar-refractivity contribution is 5.83. The summed E-state index contributed by atoms with van der Waals surface area (Å²) in [6.45, 7) is 5.52. The number of aryl methyl sites for hydroxylation is 1. The van der Waals surface area contributed by atoms with E-state index in [0.717, 1.165) is 11.3 Å². The number of carbonyl (C=O) groups excluding carboxylic acids is 1. The summed E-state index contributed by atoms with van der Waals surface area (Å²) in [6, 6.07) is 6.18. The lowest BCUT2D eigenvalue weighted by Crippen LogP contribution is -2.36. The third-order valence-corrected chi connectivity index (χ3v) is 4.38. The number of nitrogens with zero attached hydrogens (tertiary/aromatic N) is 3. The zero-order valence-corrected chi connectivity index (χ0v) is 14.1. The molecule has 0 aliphatic rings. The summed E-state index contributed by atoms with van der Waals surface area (Å²) in [5.74, 6) is -0.788. The Balaban J connectivity index is 1.85. The Bertz CT molecular complexity index is 950. The van der Waals surface area contributed by atoms with E-state index in [-0.39, 0.29) is 11.9 Å². The molecular formula is C17H20N4O3. The molecule has 1 amide bonds. The normalized spacial score (nSPS) is 13.8. The van der Waals surface area contributed by atoms with Gasteiger partial charge < -0.3 is 9.73 Å². The number of hydrogen-bond acceptors (Lipinski definition) is 4. The molecule has 0 bridgehead atoms. The SMILES string of the molecule is Cc1c([C@H](C)NC(=O)[C@@H](C)n2c(=O)oc3ccccc32)cnn1C. The van der Waals surface area contributed by atoms with Gasteiger partial charge in [0.05, 0.1) is 17.8 Å². The van der Waals surface area contributed by atoms with Gasteiger partial charge in [-0.25, -0.2) is 4.79 Å². The summed E-state index contributed by atoms with van der Waals surface area (Å²) in [6.07, 6.45) is 1.74. The zero-order valence-electron chi connectivity index (χ0n) is 14.1. The van der Waals surface area contributed by atoms with Crippen molar-refractivity contribution >= 4 is 17.0 Å². The number of hydrogen-bond donors (Lipinski definition) is 1. The molecule has 0 aliphatic carbocycles. The minimum Gasteiger partial charge on any atom is -0.408 e. The number of fused-ring (bicyclic) bond motifs is 1. The first-order valence-electron chi connectivity index (χ1n) is 7.79. The number of rotatable bonds is 4. The van der Waals surface area contributed by atoms with Crippen molar-refractivity contribution in [3.05, 3.63) is 52.3 Å². The van der Waals surface area contributed by atoms with Crippen molar-refractivity contribution in [2.75, 3.05) is 0 Å². The van der Waals surface area contributed by atoms with Crippen molar-refractivity contribution in [2.45, 2.75) is 32.9 Å². The molecular weight excluding hydrogens is 308 g/mol. The summed E-state index contributed by atoms with van der Waals surface area (Å²) < 4.78 is 8.32. The minimum atomic E-state index is -0.680. The Morgan fingerprint density at radius 2 is 2.00 bits per heavy atom. The number of nitrogens with one attached hydrogen (secondary N) is 1. The lowest BCUT2D eigenvalue weighted by molar-refractivity contribution is -0.124. The highest BCUT2D eigenvalue weighted by Crippen LogP contribution is 2.19. The maximum absolute atomic E-state index is 12.6. The molecule has 7 heteroatoms. The van der Waals surface area contributed by atoms with E-state index < -0.39 is 11.8 Å². The summed E-state index contributed by atoms with van der Waals surface area (Å²) in [4.78, 5) is 24.7. The van der Waals surface area contributed by atoms with Crippen molar-refractivity contribution in [2.24, 2.45) is 7.05 Å². The lowest BCUT2D eigenvalue weighted by Gasteiger charge is -2.18. The number of oxazole rings is 1. The van der Waals surface area contributed by atoms with Crippen molar-refractivity contribution in [1.29, 1.82) is 0 Å². The smallest absolute Gasteiger partial charge is 0.408 e. The van der Waals surface area contributed by atoms with Crippen LogP contribution in [-0.4, -0.2) is 20.3 Å². The van der Waals surface area contributed by atoms with Crippen molar-refractivity contribution < 1.29 is 9.21 Å². The first kappa shape index (κ1) is 16.0. The molecule has 0 aliphatic heterocycles. The lowest BCUT2D eigenvalue weighted by atomic mass is 10.1. The van der Waals surface area contributed by atoms with Gasteiger partial charge in [0.25, 0.3) is 0 Å². The van der Waals surface area contributed by atoms with Gasteiger partial charge in [0.15, 0.2) is 5.58 Å². The van der Waals surface area contributed by atoms with Gasteiger partial charge in [0, 0.05) is 18.3 Å². The fourth-order valence-electron chi connectivity index (χ4n) is 2.82. The van der Waals surface area contributed by atoms with Crippen molar-refractivity contribution in [1.82, 2.24) is 19.7 Å². The van der Waals surface area contributed by atoms with Gasteiger partial charge in [-0.15, -0.1) is 0 Å². The van der Waals surface area contributed by atoms with Crippen LogP contribution in [0.4, 0.5) is 0 Å². The molecule has 0 unspecified atom stereocenters. The number of benzene rings is 1. The number of amides is 1. The second-order valence-electron chi connectivity index (χ2n) is 5.92. The van der Waals surface area contributed by atoms with Crippen LogP contribution in [0.3, 0.4) is 0 Å². The summed E-state index contributed by atoms with van der Waals surface area (Å²) in [7, 11) is 1.85. The van der Waals surface area contributed by atoms with Crippen LogP contribution in [0.2, 0.25) is 0 Å². The van der Waals surface area contributed by atoms with Crippen LogP contribution >= 0.6 is 0 Å². The topological polar surface area (TPSA) is 82.1 Å². The van der Waals surface area contributed by atoms with E-state index in [1.807, 2.05) is 20.9 Å². The monoisotopic (exact) mass is 328 g/mol. The molecule has 1 N–H and O–H groups in total. The van der Waals surface area contributed by atoms with Crippen LogP contribution in [0.1, 0.15) is 37.2 Å². The first-order chi connectivity index (χ1) is 11.4. The highest BCUT2D eigenvalue weighted by Gasteiger charge is 2.23. The van der Waals surface area contributed by atoms with E-state index in [1.54, 1.807) is 42.1 Å². The molecule has 2 heterocycles. The van der Waals surface area contributed by atoms with E-state index in [1.165, 1.54) is 4.57 Å². The Hall–Kier alpha value is -2.83. The Kier molecular flexibility index (Phi) is 4.01. The highest BCUT2D eigenvalue weighted by atomic mass is 16.4. The average molecular weight is 328 g/mol. The average Bonchev–Trinajstić information content (AvgIpc) is 3.06. The molecule has 0 saturated carbocycles. The molecule has 0 saturated heterocycles. The number of aromatic nitrogens is 3. The molecule has 0 radical (unpaired) electrons. The fourth-order valence-corrected chi connectivity index (χ4v) is 2.82. The summed E-state index contributed by atoms with van der Waals surface area (Å²) in [5.41, 5.74) is 3.01. The van der Waals surface area contributed by atoms with Gasteiger partial charge in [0.1, 0.15) is 6.04 Å². The van der Waals surface area contributed by atoms with Crippen LogP contribution in [0.5, 0.6) is 0 Å². The molecule has 1 aromatic carbocycles. The van der Waals surface area contributed by atoms with Crippen LogP contribution in [0, 0.1) is 6.92 Å². The van der Waals surface area contributed by atoms with E-state index in [0.29, 0.717) is 11.1 Å². The van der Waals surface area contributed by atoms with Gasteiger partial charge in [-0.2, -0.15) is 5.10 Å². The van der Waals surface area contributed by atoms with Gasteiger partial charge in [-0.05, 0) is 32.9 Å². The molecule has 0 spiro atoms. The Morgan fingerprint density at radius 1 is 1.29 bits per heavy atom. The first-order valence-corrected chi connectivity index (χ1v) is 7.79. The van der Waals surface area contributed by atoms with Crippen LogP contribution in [-0.2, 0) is 11.8 Å².